The third-order valence-electron chi connectivity index (χ3n) is 3.53. The maximum absolute atomic E-state index is 13.1. The molecule has 0 spiro atoms. The first kappa shape index (κ1) is 12.7. The van der Waals surface area contributed by atoms with Gasteiger partial charge in [-0.15, -0.1) is 0 Å². The van der Waals surface area contributed by atoms with E-state index in [1.807, 2.05) is 6.07 Å². The van der Waals surface area contributed by atoms with Crippen LogP contribution in [0.1, 0.15) is 21.5 Å². The van der Waals surface area contributed by atoms with Gasteiger partial charge in [-0.05, 0) is 41.8 Å². The molecule has 1 aliphatic rings. The van der Waals surface area contributed by atoms with E-state index in [9.17, 15) is 14.3 Å². The number of phenolic OH excluding ortho intramolecular Hbond substituents is 1. The fourth-order valence-electron chi connectivity index (χ4n) is 2.49. The molecular weight excluding hydrogens is 257 g/mol. The number of carbonyl (C=O) groups is 1. The molecule has 1 N–H and O–H groups in total. The summed E-state index contributed by atoms with van der Waals surface area (Å²) in [6.07, 6.45) is 0.615. The minimum absolute atomic E-state index is 0.0766. The van der Waals surface area contributed by atoms with Gasteiger partial charge < -0.3 is 10.0 Å². The standard InChI is InChI=1S/C16H14FNO2/c17-13-3-1-2-11(8-13)6-7-18-10-12-4-5-14(19)9-15(12)16(18)20/h1-5,8-9,19H,6-7,10H2. The molecule has 102 valence electrons. The zero-order valence-corrected chi connectivity index (χ0v) is 10.8. The molecule has 3 nitrogen and oxygen atoms in total. The molecule has 2 aromatic carbocycles. The van der Waals surface area contributed by atoms with Crippen LogP contribution < -0.4 is 0 Å². The van der Waals surface area contributed by atoms with Crippen molar-refractivity contribution < 1.29 is 14.3 Å². The first-order valence-electron chi connectivity index (χ1n) is 6.49. The van der Waals surface area contributed by atoms with Crippen LogP contribution in [0.25, 0.3) is 0 Å². The Hall–Kier alpha value is -2.36. The van der Waals surface area contributed by atoms with Crippen molar-refractivity contribution in [3.8, 4) is 5.75 Å². The molecule has 4 heteroatoms. The van der Waals surface area contributed by atoms with Crippen molar-refractivity contribution in [2.24, 2.45) is 0 Å². The minimum atomic E-state index is -0.261. The molecule has 0 saturated heterocycles. The quantitative estimate of drug-likeness (QED) is 0.932. The lowest BCUT2D eigenvalue weighted by molar-refractivity contribution is 0.0780. The van der Waals surface area contributed by atoms with Crippen LogP contribution in [0, 0.1) is 5.82 Å². The molecule has 0 atom stereocenters. The smallest absolute Gasteiger partial charge is 0.254 e. The van der Waals surface area contributed by atoms with Gasteiger partial charge >= 0.3 is 0 Å². The molecule has 0 saturated carbocycles. The number of carbonyl (C=O) groups excluding carboxylic acids is 1. The zero-order chi connectivity index (χ0) is 14.1. The number of fused-ring (bicyclic) bond motifs is 1. The van der Waals surface area contributed by atoms with Crippen molar-refractivity contribution in [1.82, 2.24) is 4.90 Å². The topological polar surface area (TPSA) is 40.5 Å². The fraction of sp³-hybridized carbons (Fsp3) is 0.188. The molecule has 1 amide bonds. The van der Waals surface area contributed by atoms with E-state index in [1.54, 1.807) is 23.1 Å². The Morgan fingerprint density at radius 1 is 1.20 bits per heavy atom. The molecule has 20 heavy (non-hydrogen) atoms. The van der Waals surface area contributed by atoms with Crippen LogP contribution in [-0.2, 0) is 13.0 Å². The average Bonchev–Trinajstić information content (AvgIpc) is 2.73. The van der Waals surface area contributed by atoms with E-state index >= 15 is 0 Å². The number of benzene rings is 2. The van der Waals surface area contributed by atoms with Gasteiger partial charge in [-0.1, -0.05) is 18.2 Å². The molecule has 0 bridgehead atoms. The highest BCUT2D eigenvalue weighted by atomic mass is 19.1. The number of halogens is 1. The summed E-state index contributed by atoms with van der Waals surface area (Å²) in [4.78, 5) is 13.9. The molecule has 0 unspecified atom stereocenters. The van der Waals surface area contributed by atoms with Gasteiger partial charge in [0.1, 0.15) is 11.6 Å². The van der Waals surface area contributed by atoms with E-state index in [4.69, 9.17) is 0 Å². The Balaban J connectivity index is 1.70. The van der Waals surface area contributed by atoms with E-state index in [-0.39, 0.29) is 17.5 Å². The van der Waals surface area contributed by atoms with E-state index in [1.165, 1.54) is 18.2 Å². The SMILES string of the molecule is O=C1c2cc(O)ccc2CN1CCc1cccc(F)c1. The largest absolute Gasteiger partial charge is 0.508 e. The molecule has 1 heterocycles. The van der Waals surface area contributed by atoms with E-state index in [0.717, 1.165) is 11.1 Å². The third kappa shape index (κ3) is 2.37. The Labute approximate surface area is 116 Å². The van der Waals surface area contributed by atoms with Gasteiger partial charge in [0, 0.05) is 18.7 Å². The first-order valence-corrected chi connectivity index (χ1v) is 6.49. The summed E-state index contributed by atoms with van der Waals surface area (Å²) < 4.78 is 13.1. The summed E-state index contributed by atoms with van der Waals surface area (Å²) in [6.45, 7) is 1.08. The van der Waals surface area contributed by atoms with Crippen LogP contribution in [0.4, 0.5) is 4.39 Å². The Morgan fingerprint density at radius 3 is 2.85 bits per heavy atom. The lowest BCUT2D eigenvalue weighted by Crippen LogP contribution is -2.26. The summed E-state index contributed by atoms with van der Waals surface area (Å²) in [6, 6.07) is 11.3. The van der Waals surface area contributed by atoms with Crippen LogP contribution >= 0.6 is 0 Å². The number of nitrogens with zero attached hydrogens (tertiary/aromatic N) is 1. The van der Waals surface area contributed by atoms with Gasteiger partial charge in [0.25, 0.3) is 5.91 Å². The predicted molar refractivity (Wildman–Crippen MR) is 73.0 cm³/mol. The van der Waals surface area contributed by atoms with Gasteiger partial charge in [-0.2, -0.15) is 0 Å². The van der Waals surface area contributed by atoms with Crippen molar-refractivity contribution in [3.63, 3.8) is 0 Å². The van der Waals surface area contributed by atoms with Crippen molar-refractivity contribution in [1.29, 1.82) is 0 Å². The van der Waals surface area contributed by atoms with Crippen LogP contribution in [0.5, 0.6) is 5.75 Å². The Bertz CT molecular complexity index is 669. The number of rotatable bonds is 3. The van der Waals surface area contributed by atoms with Crippen LogP contribution in [-0.4, -0.2) is 22.5 Å². The summed E-state index contributed by atoms with van der Waals surface area (Å²) in [7, 11) is 0. The highest BCUT2D eigenvalue weighted by Gasteiger charge is 2.27. The van der Waals surface area contributed by atoms with Crippen molar-refractivity contribution in [2.75, 3.05) is 6.54 Å². The third-order valence-corrected chi connectivity index (χ3v) is 3.53. The van der Waals surface area contributed by atoms with E-state index in [2.05, 4.69) is 0 Å². The molecule has 0 radical (unpaired) electrons. The summed E-state index contributed by atoms with van der Waals surface area (Å²) in [5.41, 5.74) is 2.35. The number of aromatic hydroxyl groups is 1. The normalized spacial score (nSPS) is 13.7. The monoisotopic (exact) mass is 271 g/mol. The number of hydrogen-bond acceptors (Lipinski definition) is 2. The molecule has 1 aliphatic heterocycles. The maximum Gasteiger partial charge on any atom is 0.254 e. The van der Waals surface area contributed by atoms with Crippen LogP contribution in [0.3, 0.4) is 0 Å². The highest BCUT2D eigenvalue weighted by molar-refractivity contribution is 5.98. The van der Waals surface area contributed by atoms with Gasteiger partial charge in [-0.3, -0.25) is 4.79 Å². The second-order valence-electron chi connectivity index (χ2n) is 4.95. The molecule has 2 aromatic rings. The van der Waals surface area contributed by atoms with Crippen LogP contribution in [0.15, 0.2) is 42.5 Å². The van der Waals surface area contributed by atoms with Gasteiger partial charge in [-0.25, -0.2) is 4.39 Å². The van der Waals surface area contributed by atoms with Gasteiger partial charge in [0.2, 0.25) is 0 Å². The summed E-state index contributed by atoms with van der Waals surface area (Å²) in [5, 5.41) is 9.43. The van der Waals surface area contributed by atoms with Crippen molar-refractivity contribution in [2.45, 2.75) is 13.0 Å². The molecule has 0 fully saturated rings. The molecular formula is C16H14FNO2. The highest BCUT2D eigenvalue weighted by Crippen LogP contribution is 2.26. The Kier molecular flexibility index (Phi) is 3.14. The van der Waals surface area contributed by atoms with E-state index in [0.29, 0.717) is 25.1 Å². The lowest BCUT2D eigenvalue weighted by Gasteiger charge is -2.15. The predicted octanol–water partition coefficient (Wildman–Crippen LogP) is 2.73. The summed E-state index contributed by atoms with van der Waals surface area (Å²) in [5.74, 6) is -0.236. The van der Waals surface area contributed by atoms with Crippen LogP contribution in [0.2, 0.25) is 0 Å². The number of phenols is 1. The molecule has 0 aromatic heterocycles. The van der Waals surface area contributed by atoms with Crippen molar-refractivity contribution >= 4 is 5.91 Å². The number of hydrogen-bond donors (Lipinski definition) is 1. The van der Waals surface area contributed by atoms with Gasteiger partial charge in [0.15, 0.2) is 0 Å². The fourth-order valence-corrected chi connectivity index (χ4v) is 2.49. The first-order chi connectivity index (χ1) is 9.63. The average molecular weight is 271 g/mol. The maximum atomic E-state index is 13.1. The van der Waals surface area contributed by atoms with Crippen molar-refractivity contribution in [3.05, 3.63) is 65.0 Å². The Morgan fingerprint density at radius 2 is 2.05 bits per heavy atom. The van der Waals surface area contributed by atoms with E-state index < -0.39 is 0 Å². The molecule has 0 aliphatic carbocycles. The minimum Gasteiger partial charge on any atom is -0.508 e. The summed E-state index contributed by atoms with van der Waals surface area (Å²) >= 11 is 0. The number of amides is 1. The lowest BCUT2D eigenvalue weighted by atomic mass is 10.1. The van der Waals surface area contributed by atoms with Gasteiger partial charge in [0.05, 0.1) is 0 Å². The zero-order valence-electron chi connectivity index (χ0n) is 10.8. The second kappa shape index (κ2) is 4.96. The second-order valence-corrected chi connectivity index (χ2v) is 4.95. The molecule has 3 rings (SSSR count).